The highest BCUT2D eigenvalue weighted by Gasteiger charge is 2.35. The van der Waals surface area contributed by atoms with Crippen molar-refractivity contribution in [1.82, 2.24) is 0 Å². The van der Waals surface area contributed by atoms with Crippen LogP contribution >= 0.6 is 11.3 Å². The summed E-state index contributed by atoms with van der Waals surface area (Å²) in [4.78, 5) is 11.2. The number of rotatable bonds is 1. The average molecular weight is 237 g/mol. The molecule has 0 unspecified atom stereocenters. The third-order valence-electron chi connectivity index (χ3n) is 2.84. The number of carbonyl (C=O) groups is 1. The van der Waals surface area contributed by atoms with Gasteiger partial charge >= 0.3 is 0 Å². The molecule has 2 aliphatic rings. The Bertz CT molecular complexity index is 554. The predicted octanol–water partition coefficient (Wildman–Crippen LogP) is -0.445. The normalized spacial score (nSPS) is 21.2. The van der Waals surface area contributed by atoms with Crippen LogP contribution in [0.1, 0.15) is 16.8 Å². The second kappa shape index (κ2) is 3.41. The SMILES string of the molecule is NC(=O)c1csc2c1=CCC1(C=2)OCCO1. The molecule has 84 valence electrons. The van der Waals surface area contributed by atoms with Gasteiger partial charge in [0.15, 0.2) is 5.79 Å². The molecule has 2 N–H and O–H groups in total. The van der Waals surface area contributed by atoms with Crippen LogP contribution in [0.2, 0.25) is 0 Å². The molecule has 4 nitrogen and oxygen atoms in total. The van der Waals surface area contributed by atoms with E-state index in [4.69, 9.17) is 15.2 Å². The smallest absolute Gasteiger partial charge is 0.250 e. The van der Waals surface area contributed by atoms with E-state index in [0.29, 0.717) is 25.2 Å². The highest BCUT2D eigenvalue weighted by molar-refractivity contribution is 7.08. The van der Waals surface area contributed by atoms with E-state index in [-0.39, 0.29) is 5.91 Å². The van der Waals surface area contributed by atoms with Crippen molar-refractivity contribution >= 4 is 29.4 Å². The fourth-order valence-corrected chi connectivity index (χ4v) is 3.13. The first-order chi connectivity index (χ1) is 7.70. The van der Waals surface area contributed by atoms with Crippen LogP contribution in [0.15, 0.2) is 5.38 Å². The Morgan fingerprint density at radius 2 is 2.19 bits per heavy atom. The van der Waals surface area contributed by atoms with E-state index in [0.717, 1.165) is 9.75 Å². The van der Waals surface area contributed by atoms with Gasteiger partial charge in [0.25, 0.3) is 0 Å². The van der Waals surface area contributed by atoms with Gasteiger partial charge in [-0.3, -0.25) is 4.79 Å². The highest BCUT2D eigenvalue weighted by Crippen LogP contribution is 2.27. The van der Waals surface area contributed by atoms with Gasteiger partial charge in [0.1, 0.15) is 0 Å². The lowest BCUT2D eigenvalue weighted by Gasteiger charge is -2.23. The Labute approximate surface area is 96.0 Å². The van der Waals surface area contributed by atoms with E-state index in [9.17, 15) is 4.79 Å². The number of fused-ring (bicyclic) bond motifs is 1. The zero-order chi connectivity index (χ0) is 11.2. The fraction of sp³-hybridized carbons (Fsp3) is 0.364. The summed E-state index contributed by atoms with van der Waals surface area (Å²) in [7, 11) is 0. The minimum absolute atomic E-state index is 0.383. The van der Waals surface area contributed by atoms with Gasteiger partial charge in [0.05, 0.1) is 18.8 Å². The lowest BCUT2D eigenvalue weighted by molar-refractivity contribution is -0.0965. The van der Waals surface area contributed by atoms with Crippen LogP contribution in [0.25, 0.3) is 12.2 Å². The van der Waals surface area contributed by atoms with Crippen LogP contribution < -0.4 is 15.5 Å². The van der Waals surface area contributed by atoms with E-state index in [1.807, 2.05) is 12.2 Å². The van der Waals surface area contributed by atoms with Gasteiger partial charge in [-0.15, -0.1) is 11.3 Å². The zero-order valence-corrected chi connectivity index (χ0v) is 9.38. The van der Waals surface area contributed by atoms with E-state index < -0.39 is 5.79 Å². The summed E-state index contributed by atoms with van der Waals surface area (Å²) in [6.45, 7) is 1.24. The number of primary amides is 1. The molecule has 16 heavy (non-hydrogen) atoms. The maximum atomic E-state index is 11.2. The molecular weight excluding hydrogens is 226 g/mol. The Hall–Kier alpha value is -1.17. The van der Waals surface area contributed by atoms with Crippen LogP contribution in [0.4, 0.5) is 0 Å². The van der Waals surface area contributed by atoms with E-state index in [1.165, 1.54) is 11.3 Å². The summed E-state index contributed by atoms with van der Waals surface area (Å²) < 4.78 is 12.2. The lowest BCUT2D eigenvalue weighted by atomic mass is 10.1. The standard InChI is InChI=1S/C11H11NO3S/c12-10(13)8-6-16-9-5-11(2-1-7(8)9)14-3-4-15-11/h1,5-6H,2-4H2,(H2,12,13). The number of thiophene rings is 1. The molecule has 1 saturated heterocycles. The molecule has 1 aromatic rings. The summed E-state index contributed by atoms with van der Waals surface area (Å²) in [5.74, 6) is -0.987. The van der Waals surface area contributed by atoms with Crippen molar-refractivity contribution < 1.29 is 14.3 Å². The summed E-state index contributed by atoms with van der Waals surface area (Å²) in [6.07, 6.45) is 4.56. The first-order valence-corrected chi connectivity index (χ1v) is 5.96. The third kappa shape index (κ3) is 1.40. The molecule has 1 aliphatic heterocycles. The van der Waals surface area contributed by atoms with Gasteiger partial charge in [-0.25, -0.2) is 0 Å². The average Bonchev–Trinajstić information content (AvgIpc) is 2.85. The van der Waals surface area contributed by atoms with Gasteiger partial charge in [-0.2, -0.15) is 0 Å². The quantitative estimate of drug-likeness (QED) is 0.720. The number of ether oxygens (including phenoxy) is 2. The molecule has 1 aliphatic carbocycles. The van der Waals surface area contributed by atoms with E-state index in [2.05, 4.69) is 0 Å². The molecule has 0 radical (unpaired) electrons. The molecule has 5 heteroatoms. The van der Waals surface area contributed by atoms with Crippen LogP contribution in [0.3, 0.4) is 0 Å². The Balaban J connectivity index is 2.15. The maximum Gasteiger partial charge on any atom is 0.250 e. The van der Waals surface area contributed by atoms with Crippen LogP contribution in [-0.2, 0) is 9.47 Å². The summed E-state index contributed by atoms with van der Waals surface area (Å²) >= 11 is 1.49. The molecule has 1 amide bonds. The first-order valence-electron chi connectivity index (χ1n) is 5.08. The summed E-state index contributed by atoms with van der Waals surface area (Å²) in [6, 6.07) is 0. The van der Waals surface area contributed by atoms with Gasteiger partial charge in [-0.05, 0) is 6.08 Å². The largest absolute Gasteiger partial charge is 0.366 e. The minimum Gasteiger partial charge on any atom is -0.366 e. The van der Waals surface area contributed by atoms with Gasteiger partial charge < -0.3 is 15.2 Å². The monoisotopic (exact) mass is 237 g/mol. The van der Waals surface area contributed by atoms with Crippen molar-refractivity contribution in [3.63, 3.8) is 0 Å². The van der Waals surface area contributed by atoms with E-state index in [1.54, 1.807) is 5.38 Å². The Kier molecular flexibility index (Phi) is 2.14. The second-order valence-corrected chi connectivity index (χ2v) is 4.76. The number of carbonyl (C=O) groups excluding carboxylic acids is 1. The predicted molar refractivity (Wildman–Crippen MR) is 60.3 cm³/mol. The summed E-state index contributed by atoms with van der Waals surface area (Å²) in [5.41, 5.74) is 5.89. The molecule has 0 atom stereocenters. The Morgan fingerprint density at radius 1 is 1.44 bits per heavy atom. The molecule has 1 fully saturated rings. The topological polar surface area (TPSA) is 61.6 Å². The molecule has 0 saturated carbocycles. The fourth-order valence-electron chi connectivity index (χ4n) is 2.07. The molecule has 2 heterocycles. The van der Waals surface area contributed by atoms with Crippen molar-refractivity contribution in [1.29, 1.82) is 0 Å². The van der Waals surface area contributed by atoms with Crippen LogP contribution in [0, 0.1) is 0 Å². The summed E-state index contributed by atoms with van der Waals surface area (Å²) in [5, 5.41) is 2.70. The number of nitrogens with two attached hydrogens (primary N) is 1. The van der Waals surface area contributed by atoms with Crippen molar-refractivity contribution in [2.45, 2.75) is 12.2 Å². The van der Waals surface area contributed by atoms with Crippen LogP contribution in [-0.4, -0.2) is 24.9 Å². The molecule has 0 bridgehead atoms. The highest BCUT2D eigenvalue weighted by atomic mass is 32.1. The van der Waals surface area contributed by atoms with Crippen molar-refractivity contribution in [3.05, 3.63) is 20.7 Å². The maximum absolute atomic E-state index is 11.2. The van der Waals surface area contributed by atoms with Gasteiger partial charge in [-0.1, -0.05) is 6.08 Å². The molecular formula is C11H11NO3S. The first kappa shape index (κ1) is 10.0. The number of hydrogen-bond donors (Lipinski definition) is 1. The third-order valence-corrected chi connectivity index (χ3v) is 3.79. The van der Waals surface area contributed by atoms with Crippen molar-refractivity contribution in [2.24, 2.45) is 5.73 Å². The van der Waals surface area contributed by atoms with E-state index >= 15 is 0 Å². The zero-order valence-electron chi connectivity index (χ0n) is 8.56. The molecule has 3 rings (SSSR count). The lowest BCUT2D eigenvalue weighted by Crippen LogP contribution is -2.38. The number of hydrogen-bond acceptors (Lipinski definition) is 4. The number of amides is 1. The van der Waals surface area contributed by atoms with Crippen molar-refractivity contribution in [2.75, 3.05) is 13.2 Å². The van der Waals surface area contributed by atoms with Gasteiger partial charge in [0, 0.05) is 21.6 Å². The Morgan fingerprint density at radius 3 is 2.88 bits per heavy atom. The van der Waals surface area contributed by atoms with Crippen molar-refractivity contribution in [3.8, 4) is 0 Å². The molecule has 1 aromatic heterocycles. The molecule has 0 aromatic carbocycles. The van der Waals surface area contributed by atoms with Crippen LogP contribution in [0.5, 0.6) is 0 Å². The molecule has 1 spiro atoms. The van der Waals surface area contributed by atoms with Gasteiger partial charge in [0.2, 0.25) is 5.91 Å². The second-order valence-electron chi connectivity index (χ2n) is 3.85. The minimum atomic E-state index is -0.604.